The minimum absolute atomic E-state index is 0.249. The number of halogens is 2. The van der Waals surface area contributed by atoms with Gasteiger partial charge in [-0.3, -0.25) is 4.98 Å². The summed E-state index contributed by atoms with van der Waals surface area (Å²) in [5.41, 5.74) is 8.93. The van der Waals surface area contributed by atoms with Crippen LogP contribution in [0.25, 0.3) is 11.1 Å². The fraction of sp³-hybridized carbons (Fsp3) is 0.238. The van der Waals surface area contributed by atoms with E-state index in [1.165, 1.54) is 12.1 Å². The molecule has 0 unspecified atom stereocenters. The van der Waals surface area contributed by atoms with Crippen LogP contribution in [0.2, 0.25) is 5.02 Å². The van der Waals surface area contributed by atoms with Crippen LogP contribution in [0, 0.1) is 5.82 Å². The lowest BCUT2D eigenvalue weighted by Gasteiger charge is -2.11. The molecule has 3 rings (SSSR count). The van der Waals surface area contributed by atoms with Crippen LogP contribution in [-0.2, 0) is 6.54 Å². The molecule has 0 bridgehead atoms. The molecule has 0 saturated carbocycles. The number of unbranched alkanes of at least 4 members (excludes halogenated alkanes) is 1. The van der Waals surface area contributed by atoms with Crippen molar-refractivity contribution in [2.45, 2.75) is 19.4 Å². The quantitative estimate of drug-likeness (QED) is 0.455. The summed E-state index contributed by atoms with van der Waals surface area (Å²) in [5.74, 6) is 0.510. The molecule has 4 N–H and O–H groups in total. The predicted molar refractivity (Wildman–Crippen MR) is 113 cm³/mol. The first-order valence-corrected chi connectivity index (χ1v) is 9.57. The summed E-state index contributed by atoms with van der Waals surface area (Å²) >= 11 is 6.36. The van der Waals surface area contributed by atoms with Gasteiger partial charge >= 0.3 is 0 Å². The Morgan fingerprint density at radius 3 is 2.75 bits per heavy atom. The predicted octanol–water partition coefficient (Wildman–Crippen LogP) is 4.70. The Morgan fingerprint density at radius 2 is 1.93 bits per heavy atom. The molecule has 3 aromatic rings. The van der Waals surface area contributed by atoms with Gasteiger partial charge in [-0.1, -0.05) is 23.7 Å². The first-order valence-electron chi connectivity index (χ1n) is 9.19. The molecule has 0 fully saturated rings. The lowest BCUT2D eigenvalue weighted by molar-refractivity contribution is 0.626. The summed E-state index contributed by atoms with van der Waals surface area (Å²) in [6.45, 7) is 1.99. The van der Waals surface area contributed by atoms with Crippen molar-refractivity contribution in [3.8, 4) is 11.1 Å². The van der Waals surface area contributed by atoms with Gasteiger partial charge in [0.25, 0.3) is 0 Å². The molecule has 5 nitrogen and oxygen atoms in total. The standard InChI is InChI=1S/C21H23ClFN5/c22-20-14-28-21(26-7-2-1-6-24)10-19(20)16-9-18(13-25-12-16)27-11-15-4-3-5-17(23)8-15/h3-5,8-10,12-14,27H,1-2,6-7,11,24H2,(H,26,28). The van der Waals surface area contributed by atoms with Crippen LogP contribution in [-0.4, -0.2) is 23.1 Å². The molecule has 146 valence electrons. The lowest BCUT2D eigenvalue weighted by atomic mass is 10.1. The number of hydrogen-bond donors (Lipinski definition) is 3. The van der Waals surface area contributed by atoms with Crippen molar-refractivity contribution < 1.29 is 4.39 Å². The maximum absolute atomic E-state index is 13.3. The summed E-state index contributed by atoms with van der Waals surface area (Å²) < 4.78 is 13.3. The van der Waals surface area contributed by atoms with Gasteiger partial charge in [0.15, 0.2) is 0 Å². The number of benzene rings is 1. The number of nitrogens with two attached hydrogens (primary N) is 1. The van der Waals surface area contributed by atoms with Crippen LogP contribution in [0.3, 0.4) is 0 Å². The number of rotatable bonds is 9. The monoisotopic (exact) mass is 399 g/mol. The van der Waals surface area contributed by atoms with Gasteiger partial charge in [-0.2, -0.15) is 0 Å². The molecule has 28 heavy (non-hydrogen) atoms. The Kier molecular flexibility index (Phi) is 7.17. The SMILES string of the molecule is NCCCCNc1cc(-c2cncc(NCc3cccc(F)c3)c2)c(Cl)cn1. The van der Waals surface area contributed by atoms with E-state index in [1.54, 1.807) is 24.7 Å². The van der Waals surface area contributed by atoms with E-state index < -0.39 is 0 Å². The van der Waals surface area contributed by atoms with E-state index in [2.05, 4.69) is 20.6 Å². The van der Waals surface area contributed by atoms with Crippen molar-refractivity contribution in [3.63, 3.8) is 0 Å². The van der Waals surface area contributed by atoms with Gasteiger partial charge in [0.2, 0.25) is 0 Å². The highest BCUT2D eigenvalue weighted by Crippen LogP contribution is 2.30. The zero-order chi connectivity index (χ0) is 19.8. The van der Waals surface area contributed by atoms with E-state index >= 15 is 0 Å². The Labute approximate surface area is 169 Å². The van der Waals surface area contributed by atoms with E-state index in [0.717, 1.165) is 47.6 Å². The minimum atomic E-state index is -0.249. The van der Waals surface area contributed by atoms with Crippen LogP contribution >= 0.6 is 11.6 Å². The maximum atomic E-state index is 13.3. The second-order valence-electron chi connectivity index (χ2n) is 6.42. The third kappa shape index (κ3) is 5.65. The molecule has 0 spiro atoms. The molecule has 0 aliphatic rings. The molecule has 0 atom stereocenters. The third-order valence-corrected chi connectivity index (χ3v) is 4.53. The molecule has 2 aromatic heterocycles. The molecule has 0 radical (unpaired) electrons. The number of hydrogen-bond acceptors (Lipinski definition) is 5. The van der Waals surface area contributed by atoms with Crippen LogP contribution < -0.4 is 16.4 Å². The summed E-state index contributed by atoms with van der Waals surface area (Å²) in [6.07, 6.45) is 7.07. The molecular weight excluding hydrogens is 377 g/mol. The summed E-state index contributed by atoms with van der Waals surface area (Å²) in [5, 5.41) is 7.10. The second kappa shape index (κ2) is 10.0. The third-order valence-electron chi connectivity index (χ3n) is 4.23. The Bertz CT molecular complexity index is 919. The van der Waals surface area contributed by atoms with Gasteiger partial charge in [0, 0.05) is 42.8 Å². The van der Waals surface area contributed by atoms with Crippen molar-refractivity contribution in [3.05, 3.63) is 71.4 Å². The topological polar surface area (TPSA) is 75.9 Å². The number of nitrogens with zero attached hydrogens (tertiary/aromatic N) is 2. The van der Waals surface area contributed by atoms with Gasteiger partial charge in [-0.05, 0) is 49.2 Å². The summed E-state index contributed by atoms with van der Waals surface area (Å²) in [4.78, 5) is 8.62. The highest BCUT2D eigenvalue weighted by atomic mass is 35.5. The minimum Gasteiger partial charge on any atom is -0.380 e. The molecule has 0 aliphatic heterocycles. The smallest absolute Gasteiger partial charge is 0.126 e. The largest absolute Gasteiger partial charge is 0.380 e. The number of anilines is 2. The first-order chi connectivity index (χ1) is 13.7. The van der Waals surface area contributed by atoms with E-state index in [1.807, 2.05) is 18.2 Å². The van der Waals surface area contributed by atoms with Gasteiger partial charge in [-0.15, -0.1) is 0 Å². The fourth-order valence-corrected chi connectivity index (χ4v) is 2.99. The van der Waals surface area contributed by atoms with Crippen LogP contribution in [0.1, 0.15) is 18.4 Å². The Hall–Kier alpha value is -2.70. The number of aromatic nitrogens is 2. The zero-order valence-electron chi connectivity index (χ0n) is 15.5. The molecule has 0 amide bonds. The Morgan fingerprint density at radius 1 is 1.04 bits per heavy atom. The fourth-order valence-electron chi connectivity index (χ4n) is 2.78. The highest BCUT2D eigenvalue weighted by molar-refractivity contribution is 6.33. The van der Waals surface area contributed by atoms with Gasteiger partial charge < -0.3 is 16.4 Å². The molecule has 2 heterocycles. The molecule has 0 saturated heterocycles. The van der Waals surface area contributed by atoms with Gasteiger partial charge in [0.1, 0.15) is 11.6 Å². The molecule has 1 aromatic carbocycles. The van der Waals surface area contributed by atoms with Crippen LogP contribution in [0.15, 0.2) is 55.0 Å². The average molecular weight is 400 g/mol. The van der Waals surface area contributed by atoms with Crippen molar-refractivity contribution in [2.24, 2.45) is 5.73 Å². The van der Waals surface area contributed by atoms with Crippen molar-refractivity contribution in [1.82, 2.24) is 9.97 Å². The van der Waals surface area contributed by atoms with Gasteiger partial charge in [-0.25, -0.2) is 9.37 Å². The van der Waals surface area contributed by atoms with E-state index in [0.29, 0.717) is 18.1 Å². The van der Waals surface area contributed by atoms with Crippen molar-refractivity contribution >= 4 is 23.1 Å². The zero-order valence-corrected chi connectivity index (χ0v) is 16.2. The van der Waals surface area contributed by atoms with E-state index in [-0.39, 0.29) is 5.82 Å². The number of pyridine rings is 2. The normalized spacial score (nSPS) is 10.7. The van der Waals surface area contributed by atoms with Crippen LogP contribution in [0.5, 0.6) is 0 Å². The average Bonchev–Trinajstić information content (AvgIpc) is 2.71. The lowest BCUT2D eigenvalue weighted by Crippen LogP contribution is -2.06. The van der Waals surface area contributed by atoms with Gasteiger partial charge in [0.05, 0.1) is 10.7 Å². The highest BCUT2D eigenvalue weighted by Gasteiger charge is 2.08. The van der Waals surface area contributed by atoms with Crippen molar-refractivity contribution in [1.29, 1.82) is 0 Å². The molecular formula is C21H23ClFN5. The van der Waals surface area contributed by atoms with Crippen molar-refractivity contribution in [2.75, 3.05) is 23.7 Å². The summed E-state index contributed by atoms with van der Waals surface area (Å²) in [7, 11) is 0. The Balaban J connectivity index is 1.72. The molecule has 0 aliphatic carbocycles. The van der Waals surface area contributed by atoms with Crippen LogP contribution in [0.4, 0.5) is 15.9 Å². The number of nitrogens with one attached hydrogen (secondary N) is 2. The second-order valence-corrected chi connectivity index (χ2v) is 6.82. The maximum Gasteiger partial charge on any atom is 0.126 e. The summed E-state index contributed by atoms with van der Waals surface area (Å²) in [6, 6.07) is 10.4. The first kappa shape index (κ1) is 20.0. The molecule has 7 heteroatoms. The van der Waals surface area contributed by atoms with E-state index in [4.69, 9.17) is 17.3 Å². The van der Waals surface area contributed by atoms with E-state index in [9.17, 15) is 4.39 Å².